The lowest BCUT2D eigenvalue weighted by molar-refractivity contribution is 0.0929. The van der Waals surface area contributed by atoms with Crippen molar-refractivity contribution in [3.05, 3.63) is 91.0 Å². The quantitative estimate of drug-likeness (QED) is 0.174. The van der Waals surface area contributed by atoms with E-state index < -0.39 is 5.91 Å². The van der Waals surface area contributed by atoms with E-state index >= 15 is 0 Å². The first-order chi connectivity index (χ1) is 15.9. The first-order valence-electron chi connectivity index (χ1n) is 9.70. The van der Waals surface area contributed by atoms with Gasteiger partial charge in [-0.2, -0.15) is 5.10 Å². The fraction of sp³-hybridized carbons (Fsp3) is 0.0833. The van der Waals surface area contributed by atoms with Gasteiger partial charge in [0.25, 0.3) is 0 Å². The lowest BCUT2D eigenvalue weighted by atomic mass is 10.2. The third-order valence-electron chi connectivity index (χ3n) is 4.63. The molecule has 168 valence electrons. The summed E-state index contributed by atoms with van der Waals surface area (Å²) in [4.78, 5) is 12.4. The average Bonchev–Trinajstić information content (AvgIpc) is 3.23. The zero-order valence-corrected chi connectivity index (χ0v) is 22.0. The maximum absolute atomic E-state index is 12.4. The van der Waals surface area contributed by atoms with E-state index in [2.05, 4.69) is 58.3 Å². The zero-order valence-electron chi connectivity index (χ0n) is 17.3. The van der Waals surface area contributed by atoms with Gasteiger partial charge in [0.05, 0.1) is 17.8 Å². The molecule has 0 aliphatic carbocycles. The number of fused-ring (bicyclic) bond motifs is 1. The molecule has 6 nitrogen and oxygen atoms in total. The largest absolute Gasteiger partial charge is 0.493 e. The summed E-state index contributed by atoms with van der Waals surface area (Å²) in [5.74, 6) is 0.887. The Morgan fingerprint density at radius 1 is 1.00 bits per heavy atom. The van der Waals surface area contributed by atoms with Gasteiger partial charge in [-0.25, -0.2) is 5.43 Å². The molecule has 0 aliphatic heterocycles. The number of hydrazone groups is 1. The number of carbonyl (C=O) groups is 1. The Kier molecular flexibility index (Phi) is 7.52. The summed E-state index contributed by atoms with van der Waals surface area (Å²) in [7, 11) is 1.57. The summed E-state index contributed by atoms with van der Waals surface area (Å²) in [6.07, 6.45) is 1.52. The Labute approximate surface area is 215 Å². The molecule has 3 aromatic carbocycles. The Bertz CT molecular complexity index is 1330. The predicted molar refractivity (Wildman–Crippen MR) is 138 cm³/mol. The first-order valence-corrected chi connectivity index (χ1v) is 12.1. The van der Waals surface area contributed by atoms with Gasteiger partial charge < -0.3 is 13.9 Å². The van der Waals surface area contributed by atoms with Crippen LogP contribution in [0.5, 0.6) is 11.5 Å². The molecule has 0 unspecified atom stereocenters. The lowest BCUT2D eigenvalue weighted by Crippen LogP contribution is -2.16. The van der Waals surface area contributed by atoms with Crippen molar-refractivity contribution >= 4 is 70.9 Å². The fourth-order valence-corrected chi connectivity index (χ4v) is 4.64. The Hall–Kier alpha value is -2.62. The standard InChI is InChI=1S/C24H17Br3N2O4/c1-31-21-8-15(4-7-20(21)32-13-14-2-5-17(25)6-3-14)12-28-29-24(30)22-10-16-9-18(26)11-19(27)23(16)33-22/h2-12H,13H2,1H3,(H,29,30)/b28-12-. The first kappa shape index (κ1) is 23.5. The third kappa shape index (κ3) is 5.85. The monoisotopic (exact) mass is 634 g/mol. The van der Waals surface area contributed by atoms with E-state index in [4.69, 9.17) is 13.9 Å². The summed E-state index contributed by atoms with van der Waals surface area (Å²) in [6.45, 7) is 0.414. The van der Waals surface area contributed by atoms with Crippen molar-refractivity contribution in [2.45, 2.75) is 6.61 Å². The molecule has 33 heavy (non-hydrogen) atoms. The molecule has 1 aromatic heterocycles. The number of hydrogen-bond donors (Lipinski definition) is 1. The normalized spacial score (nSPS) is 11.2. The molecule has 0 spiro atoms. The Balaban J connectivity index is 1.41. The minimum atomic E-state index is -0.452. The average molecular weight is 637 g/mol. The molecular formula is C24H17Br3N2O4. The second kappa shape index (κ2) is 10.5. The van der Waals surface area contributed by atoms with Crippen molar-refractivity contribution in [3.8, 4) is 11.5 Å². The van der Waals surface area contributed by atoms with Gasteiger partial charge in [-0.05, 0) is 75.6 Å². The molecule has 9 heteroatoms. The van der Waals surface area contributed by atoms with Gasteiger partial charge in [-0.15, -0.1) is 0 Å². The number of rotatable bonds is 7. The van der Waals surface area contributed by atoms with E-state index in [0.717, 1.165) is 29.9 Å². The number of carbonyl (C=O) groups excluding carboxylic acids is 1. The summed E-state index contributed by atoms with van der Waals surface area (Å²) >= 11 is 10.3. The molecule has 1 heterocycles. The number of hydrogen-bond acceptors (Lipinski definition) is 5. The highest BCUT2D eigenvalue weighted by atomic mass is 79.9. The van der Waals surface area contributed by atoms with Crippen LogP contribution in [0.25, 0.3) is 11.0 Å². The SMILES string of the molecule is COc1cc(/C=N\NC(=O)c2cc3cc(Br)cc(Br)c3o2)ccc1OCc1ccc(Br)cc1. The number of amides is 1. The van der Waals surface area contributed by atoms with Crippen LogP contribution in [-0.2, 0) is 6.61 Å². The van der Waals surface area contributed by atoms with Crippen LogP contribution in [0.4, 0.5) is 0 Å². The molecule has 4 aromatic rings. The minimum Gasteiger partial charge on any atom is -0.493 e. The smallest absolute Gasteiger partial charge is 0.307 e. The van der Waals surface area contributed by atoms with Crippen molar-refractivity contribution < 1.29 is 18.7 Å². The number of benzene rings is 3. The molecule has 0 fully saturated rings. The molecule has 0 radical (unpaired) electrons. The van der Waals surface area contributed by atoms with Crippen LogP contribution in [0.1, 0.15) is 21.7 Å². The maximum Gasteiger partial charge on any atom is 0.307 e. The summed E-state index contributed by atoms with van der Waals surface area (Å²) in [6, 6.07) is 18.7. The molecule has 0 bridgehead atoms. The number of nitrogens with one attached hydrogen (secondary N) is 1. The molecule has 0 aliphatic rings. The minimum absolute atomic E-state index is 0.162. The van der Waals surface area contributed by atoms with E-state index in [0.29, 0.717) is 23.7 Å². The predicted octanol–water partition coefficient (Wildman–Crippen LogP) is 7.07. The van der Waals surface area contributed by atoms with Crippen LogP contribution in [0.15, 0.2) is 83.6 Å². The van der Waals surface area contributed by atoms with Crippen molar-refractivity contribution in [2.24, 2.45) is 5.10 Å². The number of methoxy groups -OCH3 is 1. The molecule has 1 amide bonds. The second-order valence-corrected chi connectivity index (χ2v) is 9.63. The van der Waals surface area contributed by atoms with E-state index in [1.165, 1.54) is 6.21 Å². The number of halogens is 3. The van der Waals surface area contributed by atoms with Crippen LogP contribution in [0.2, 0.25) is 0 Å². The number of nitrogens with zero attached hydrogens (tertiary/aromatic N) is 1. The molecule has 4 rings (SSSR count). The van der Waals surface area contributed by atoms with Gasteiger partial charge in [0.15, 0.2) is 17.3 Å². The van der Waals surface area contributed by atoms with Gasteiger partial charge in [0.2, 0.25) is 0 Å². The zero-order chi connectivity index (χ0) is 23.4. The summed E-state index contributed by atoms with van der Waals surface area (Å²) in [5, 5.41) is 4.83. The summed E-state index contributed by atoms with van der Waals surface area (Å²) < 4.78 is 19.6. The van der Waals surface area contributed by atoms with E-state index in [1.807, 2.05) is 42.5 Å². The van der Waals surface area contributed by atoms with Gasteiger partial charge >= 0.3 is 5.91 Å². The van der Waals surface area contributed by atoms with Gasteiger partial charge in [-0.1, -0.05) is 44.0 Å². The fourth-order valence-electron chi connectivity index (χ4n) is 3.03. The Morgan fingerprint density at radius 2 is 1.79 bits per heavy atom. The van der Waals surface area contributed by atoms with Crippen molar-refractivity contribution in [3.63, 3.8) is 0 Å². The van der Waals surface area contributed by atoms with Crippen LogP contribution in [-0.4, -0.2) is 19.2 Å². The van der Waals surface area contributed by atoms with E-state index in [1.54, 1.807) is 25.3 Å². The molecule has 0 saturated heterocycles. The van der Waals surface area contributed by atoms with Gasteiger partial charge in [-0.3, -0.25) is 4.79 Å². The maximum atomic E-state index is 12.4. The number of furan rings is 1. The van der Waals surface area contributed by atoms with Crippen LogP contribution in [0, 0.1) is 0 Å². The van der Waals surface area contributed by atoms with Crippen LogP contribution >= 0.6 is 47.8 Å². The van der Waals surface area contributed by atoms with Crippen molar-refractivity contribution in [1.82, 2.24) is 5.43 Å². The van der Waals surface area contributed by atoms with Crippen LogP contribution < -0.4 is 14.9 Å². The highest BCUT2D eigenvalue weighted by molar-refractivity contribution is 9.11. The number of ether oxygens (including phenoxy) is 2. The second-order valence-electron chi connectivity index (χ2n) is 6.94. The third-order valence-corrected chi connectivity index (χ3v) is 6.21. The van der Waals surface area contributed by atoms with Crippen molar-refractivity contribution in [1.29, 1.82) is 0 Å². The molecule has 0 atom stereocenters. The van der Waals surface area contributed by atoms with Gasteiger partial charge in [0.1, 0.15) is 12.2 Å². The molecule has 0 saturated carbocycles. The topological polar surface area (TPSA) is 73.1 Å². The molecule has 1 N–H and O–H groups in total. The van der Waals surface area contributed by atoms with Crippen LogP contribution in [0.3, 0.4) is 0 Å². The van der Waals surface area contributed by atoms with E-state index in [9.17, 15) is 4.79 Å². The highest BCUT2D eigenvalue weighted by Gasteiger charge is 2.14. The lowest BCUT2D eigenvalue weighted by Gasteiger charge is -2.11. The highest BCUT2D eigenvalue weighted by Crippen LogP contribution is 2.31. The Morgan fingerprint density at radius 3 is 2.55 bits per heavy atom. The molecular weight excluding hydrogens is 620 g/mol. The van der Waals surface area contributed by atoms with E-state index in [-0.39, 0.29) is 5.76 Å². The van der Waals surface area contributed by atoms with Gasteiger partial charge in [0, 0.05) is 14.3 Å². The summed E-state index contributed by atoms with van der Waals surface area (Å²) in [5.41, 5.74) is 4.85. The van der Waals surface area contributed by atoms with Crippen molar-refractivity contribution in [2.75, 3.05) is 7.11 Å².